The number of alkyl halides is 3. The molecule has 1 aromatic rings. The molecule has 1 heterocycles. The number of hydrogen-bond acceptors (Lipinski definition) is 2. The van der Waals surface area contributed by atoms with Crippen molar-refractivity contribution in [3.63, 3.8) is 0 Å². The molecular formula is C15H14F3NO3. The Kier molecular flexibility index (Phi) is 4.54. The number of carboxylic acid groups (broad SMARTS) is 1. The molecular weight excluding hydrogens is 299 g/mol. The molecule has 0 radical (unpaired) electrons. The summed E-state index contributed by atoms with van der Waals surface area (Å²) in [4.78, 5) is 24.1. The van der Waals surface area contributed by atoms with E-state index < -0.39 is 29.7 Å². The molecule has 1 N–H and O–H groups in total. The van der Waals surface area contributed by atoms with Gasteiger partial charge in [0.15, 0.2) is 0 Å². The lowest BCUT2D eigenvalue weighted by molar-refractivity contribution is -0.146. The number of carboxylic acids is 1. The van der Waals surface area contributed by atoms with Crippen molar-refractivity contribution in [3.8, 4) is 0 Å². The smallest absolute Gasteiger partial charge is 0.417 e. The monoisotopic (exact) mass is 313 g/mol. The summed E-state index contributed by atoms with van der Waals surface area (Å²) >= 11 is 0. The number of allylic oxidation sites excluding steroid dienone is 1. The molecule has 118 valence electrons. The van der Waals surface area contributed by atoms with Crippen LogP contribution in [0, 0.1) is 0 Å². The van der Waals surface area contributed by atoms with E-state index in [4.69, 9.17) is 5.11 Å². The highest BCUT2D eigenvalue weighted by Gasteiger charge is 2.38. The Morgan fingerprint density at radius 1 is 1.23 bits per heavy atom. The van der Waals surface area contributed by atoms with E-state index in [0.29, 0.717) is 12.5 Å². The lowest BCUT2D eigenvalue weighted by Gasteiger charge is -2.21. The van der Waals surface area contributed by atoms with Crippen LogP contribution < -0.4 is 0 Å². The van der Waals surface area contributed by atoms with Crippen molar-refractivity contribution >= 4 is 17.4 Å². The maximum Gasteiger partial charge on any atom is 0.417 e. The van der Waals surface area contributed by atoms with Gasteiger partial charge in [-0.15, -0.1) is 0 Å². The second kappa shape index (κ2) is 6.21. The van der Waals surface area contributed by atoms with Gasteiger partial charge in [0.05, 0.1) is 5.57 Å². The van der Waals surface area contributed by atoms with Crippen LogP contribution in [0.25, 0.3) is 5.57 Å². The Labute approximate surface area is 124 Å². The first-order valence-electron chi connectivity index (χ1n) is 6.68. The predicted octanol–water partition coefficient (Wildman–Crippen LogP) is 2.71. The van der Waals surface area contributed by atoms with Gasteiger partial charge in [-0.1, -0.05) is 30.3 Å². The molecule has 0 spiro atoms. The van der Waals surface area contributed by atoms with Gasteiger partial charge in [0.25, 0.3) is 0 Å². The molecule has 0 unspecified atom stereocenters. The van der Waals surface area contributed by atoms with Crippen LogP contribution in [0.4, 0.5) is 13.2 Å². The lowest BCUT2D eigenvalue weighted by atomic mass is 10.0. The number of nitrogens with zero attached hydrogens (tertiary/aromatic N) is 1. The molecule has 0 saturated carbocycles. The van der Waals surface area contributed by atoms with Crippen LogP contribution in [-0.4, -0.2) is 40.6 Å². The minimum atomic E-state index is -4.70. The Balaban J connectivity index is 2.34. The highest BCUT2D eigenvalue weighted by atomic mass is 19.4. The van der Waals surface area contributed by atoms with Gasteiger partial charge in [0.1, 0.15) is 6.04 Å². The van der Waals surface area contributed by atoms with Gasteiger partial charge in [-0.2, -0.15) is 13.2 Å². The number of benzene rings is 1. The number of rotatable bonds is 3. The Morgan fingerprint density at radius 2 is 1.86 bits per heavy atom. The fourth-order valence-corrected chi connectivity index (χ4v) is 2.44. The Bertz CT molecular complexity index is 596. The molecule has 0 aromatic heterocycles. The first kappa shape index (κ1) is 16.1. The van der Waals surface area contributed by atoms with E-state index >= 15 is 0 Å². The first-order valence-corrected chi connectivity index (χ1v) is 6.68. The van der Waals surface area contributed by atoms with Crippen LogP contribution in [0.2, 0.25) is 0 Å². The number of carbonyl (C=O) groups excluding carboxylic acids is 1. The van der Waals surface area contributed by atoms with Crippen LogP contribution in [-0.2, 0) is 9.59 Å². The van der Waals surface area contributed by atoms with Gasteiger partial charge >= 0.3 is 12.1 Å². The molecule has 22 heavy (non-hydrogen) atoms. The average molecular weight is 313 g/mol. The molecule has 0 aliphatic carbocycles. The van der Waals surface area contributed by atoms with Crippen LogP contribution in [0.1, 0.15) is 18.4 Å². The quantitative estimate of drug-likeness (QED) is 0.873. The summed E-state index contributed by atoms with van der Waals surface area (Å²) in [7, 11) is 0. The van der Waals surface area contributed by atoms with Gasteiger partial charge in [-0.25, -0.2) is 4.79 Å². The summed E-state index contributed by atoms with van der Waals surface area (Å²) < 4.78 is 39.5. The number of likely N-dealkylation sites (tertiary alicyclic amines) is 1. The summed E-state index contributed by atoms with van der Waals surface area (Å²) in [5.74, 6) is -2.13. The maximum absolute atomic E-state index is 13.2. The highest BCUT2D eigenvalue weighted by molar-refractivity contribution is 5.98. The van der Waals surface area contributed by atoms with Crippen LogP contribution in [0.15, 0.2) is 36.4 Å². The summed E-state index contributed by atoms with van der Waals surface area (Å²) in [6.07, 6.45) is -3.50. The Morgan fingerprint density at radius 3 is 2.41 bits per heavy atom. The normalized spacial score (nSPS) is 19.3. The lowest BCUT2D eigenvalue weighted by Crippen LogP contribution is -2.39. The van der Waals surface area contributed by atoms with Crippen molar-refractivity contribution in [3.05, 3.63) is 42.0 Å². The Hall–Kier alpha value is -2.31. The molecule has 1 aromatic carbocycles. The van der Waals surface area contributed by atoms with E-state index in [9.17, 15) is 22.8 Å². The van der Waals surface area contributed by atoms with Crippen molar-refractivity contribution < 1.29 is 27.9 Å². The van der Waals surface area contributed by atoms with E-state index in [2.05, 4.69) is 0 Å². The van der Waals surface area contributed by atoms with Crippen molar-refractivity contribution in [1.82, 2.24) is 4.90 Å². The minimum absolute atomic E-state index is 0.130. The molecule has 1 saturated heterocycles. The van der Waals surface area contributed by atoms with E-state index in [1.54, 1.807) is 6.07 Å². The van der Waals surface area contributed by atoms with E-state index in [1.165, 1.54) is 24.3 Å². The fourth-order valence-electron chi connectivity index (χ4n) is 2.44. The van der Waals surface area contributed by atoms with Crippen LogP contribution in [0.5, 0.6) is 0 Å². The van der Waals surface area contributed by atoms with E-state index in [-0.39, 0.29) is 18.5 Å². The molecule has 1 aliphatic heterocycles. The van der Waals surface area contributed by atoms with Crippen LogP contribution in [0.3, 0.4) is 0 Å². The summed E-state index contributed by atoms with van der Waals surface area (Å²) in [5.41, 5.74) is -1.21. The highest BCUT2D eigenvalue weighted by Crippen LogP contribution is 2.34. The molecule has 1 atom stereocenters. The topological polar surface area (TPSA) is 57.6 Å². The zero-order valence-electron chi connectivity index (χ0n) is 11.5. The SMILES string of the molecule is O=C(O)[C@H]1CCCN1C(=O)C=C(c1ccccc1)C(F)(F)F. The fraction of sp³-hybridized carbons (Fsp3) is 0.333. The summed E-state index contributed by atoms with van der Waals surface area (Å²) in [6.45, 7) is 0.145. The molecule has 1 aliphatic rings. The van der Waals surface area contributed by atoms with E-state index in [1.807, 2.05) is 0 Å². The van der Waals surface area contributed by atoms with Gasteiger partial charge in [0.2, 0.25) is 5.91 Å². The summed E-state index contributed by atoms with van der Waals surface area (Å²) in [5, 5.41) is 9.01. The van der Waals surface area contributed by atoms with E-state index in [0.717, 1.165) is 4.90 Å². The number of amides is 1. The van der Waals surface area contributed by atoms with Crippen molar-refractivity contribution in [2.45, 2.75) is 25.1 Å². The number of aliphatic carboxylic acids is 1. The van der Waals surface area contributed by atoms with Crippen molar-refractivity contribution in [2.24, 2.45) is 0 Å². The predicted molar refractivity (Wildman–Crippen MR) is 72.8 cm³/mol. The molecule has 2 rings (SSSR count). The van der Waals surface area contributed by atoms with Gasteiger partial charge in [-0.3, -0.25) is 4.79 Å². The summed E-state index contributed by atoms with van der Waals surface area (Å²) in [6, 6.07) is 5.90. The second-order valence-electron chi connectivity index (χ2n) is 4.95. The minimum Gasteiger partial charge on any atom is -0.480 e. The first-order chi connectivity index (χ1) is 10.3. The molecule has 0 bridgehead atoms. The average Bonchev–Trinajstić information content (AvgIpc) is 2.94. The third kappa shape index (κ3) is 3.47. The van der Waals surface area contributed by atoms with Crippen LogP contribution >= 0.6 is 0 Å². The maximum atomic E-state index is 13.2. The third-order valence-electron chi connectivity index (χ3n) is 3.48. The van der Waals surface area contributed by atoms with Crippen molar-refractivity contribution in [2.75, 3.05) is 6.54 Å². The van der Waals surface area contributed by atoms with Gasteiger partial charge in [0, 0.05) is 12.6 Å². The number of hydrogen-bond donors (Lipinski definition) is 1. The molecule has 7 heteroatoms. The second-order valence-corrected chi connectivity index (χ2v) is 4.95. The zero-order valence-corrected chi connectivity index (χ0v) is 11.5. The van der Waals surface area contributed by atoms with Gasteiger partial charge in [-0.05, 0) is 18.4 Å². The zero-order chi connectivity index (χ0) is 16.3. The van der Waals surface area contributed by atoms with Gasteiger partial charge < -0.3 is 10.0 Å². The molecule has 4 nitrogen and oxygen atoms in total. The largest absolute Gasteiger partial charge is 0.480 e. The molecule has 1 amide bonds. The third-order valence-corrected chi connectivity index (χ3v) is 3.48. The van der Waals surface area contributed by atoms with Crippen molar-refractivity contribution in [1.29, 1.82) is 0 Å². The molecule has 1 fully saturated rings. The number of halogens is 3. The number of carbonyl (C=O) groups is 2. The standard InChI is InChI=1S/C15H14F3NO3/c16-15(17,18)11(10-5-2-1-3-6-10)9-13(20)19-8-4-7-12(19)14(21)22/h1-3,5-6,9,12H,4,7-8H2,(H,21,22)/t12-/m1/s1.